The van der Waals surface area contributed by atoms with E-state index in [0.717, 1.165) is 6.07 Å². The van der Waals surface area contributed by atoms with Gasteiger partial charge in [0.1, 0.15) is 16.9 Å². The van der Waals surface area contributed by atoms with Gasteiger partial charge in [-0.1, -0.05) is 24.3 Å². The predicted octanol–water partition coefficient (Wildman–Crippen LogP) is 6.43. The summed E-state index contributed by atoms with van der Waals surface area (Å²) in [5, 5.41) is 2.85. The summed E-state index contributed by atoms with van der Waals surface area (Å²) < 4.78 is 77.7. The zero-order valence-electron chi connectivity index (χ0n) is 22.0. The molecule has 0 atom stereocenters. The van der Waals surface area contributed by atoms with Crippen molar-refractivity contribution in [3.8, 4) is 17.0 Å². The van der Waals surface area contributed by atoms with Crippen molar-refractivity contribution in [2.45, 2.75) is 58.3 Å². The molecular formula is C26H27F3N2O7S. The van der Waals surface area contributed by atoms with Gasteiger partial charge >= 0.3 is 27.7 Å². The quantitative estimate of drug-likeness (QED) is 0.212. The number of anilines is 1. The molecule has 0 unspecified atom stereocenters. The van der Waals surface area contributed by atoms with Gasteiger partial charge in [-0.2, -0.15) is 21.6 Å². The van der Waals surface area contributed by atoms with Crippen LogP contribution >= 0.6 is 0 Å². The largest absolute Gasteiger partial charge is 0.534 e. The summed E-state index contributed by atoms with van der Waals surface area (Å²) in [4.78, 5) is 29.4. The van der Waals surface area contributed by atoms with Crippen molar-refractivity contribution in [1.82, 2.24) is 4.98 Å². The van der Waals surface area contributed by atoms with Crippen molar-refractivity contribution >= 4 is 38.6 Å². The Kier molecular flexibility index (Phi) is 7.89. The second-order valence-corrected chi connectivity index (χ2v) is 11.9. The summed E-state index contributed by atoms with van der Waals surface area (Å²) in [6.07, 6.45) is -1.06. The molecule has 0 aliphatic carbocycles. The van der Waals surface area contributed by atoms with Crippen LogP contribution in [0.2, 0.25) is 0 Å². The molecule has 0 aliphatic rings. The highest BCUT2D eigenvalue weighted by Gasteiger charge is 2.49. The van der Waals surface area contributed by atoms with E-state index in [-0.39, 0.29) is 16.8 Å². The van der Waals surface area contributed by atoms with Crippen LogP contribution in [0.15, 0.2) is 48.5 Å². The SMILES string of the molecule is CC(C)(C)OC(=O)Nc1c(OS(=O)(=O)C(F)(F)F)ccc2ccc(-c3cccc(C(=O)OC(C)(C)C)n3)cc12. The molecule has 0 radical (unpaired) electrons. The number of alkyl halides is 3. The Labute approximate surface area is 223 Å². The van der Waals surface area contributed by atoms with Crippen molar-refractivity contribution in [3.63, 3.8) is 0 Å². The molecular weight excluding hydrogens is 541 g/mol. The van der Waals surface area contributed by atoms with Crippen molar-refractivity contribution in [1.29, 1.82) is 0 Å². The molecule has 2 aromatic carbocycles. The number of carbonyl (C=O) groups excluding carboxylic acids is 2. The van der Waals surface area contributed by atoms with E-state index in [1.807, 2.05) is 0 Å². The number of ether oxygens (including phenoxy) is 2. The Morgan fingerprint density at radius 3 is 2.08 bits per heavy atom. The molecule has 1 N–H and O–H groups in total. The third kappa shape index (κ3) is 7.59. The lowest BCUT2D eigenvalue weighted by atomic mass is 10.0. The van der Waals surface area contributed by atoms with Gasteiger partial charge in [-0.15, -0.1) is 0 Å². The molecule has 9 nitrogen and oxygen atoms in total. The minimum Gasteiger partial charge on any atom is -0.455 e. The van der Waals surface area contributed by atoms with Gasteiger partial charge in [0.25, 0.3) is 0 Å². The van der Waals surface area contributed by atoms with Gasteiger partial charge in [0.05, 0.1) is 11.4 Å². The summed E-state index contributed by atoms with van der Waals surface area (Å²) in [5.41, 5.74) is -7.09. The number of halogens is 3. The molecule has 13 heteroatoms. The van der Waals surface area contributed by atoms with Gasteiger partial charge in [0, 0.05) is 10.9 Å². The van der Waals surface area contributed by atoms with Crippen LogP contribution in [0.4, 0.5) is 23.7 Å². The normalized spacial score (nSPS) is 12.6. The third-order valence-corrected chi connectivity index (χ3v) is 5.71. The number of carbonyl (C=O) groups is 2. The Bertz CT molecular complexity index is 1520. The number of fused-ring (bicyclic) bond motifs is 1. The molecule has 39 heavy (non-hydrogen) atoms. The van der Waals surface area contributed by atoms with Gasteiger partial charge in [0.2, 0.25) is 0 Å². The van der Waals surface area contributed by atoms with Crippen LogP contribution in [-0.4, -0.2) is 42.2 Å². The molecule has 0 fully saturated rings. The fraction of sp³-hybridized carbons (Fsp3) is 0.346. The molecule has 0 aliphatic heterocycles. The summed E-state index contributed by atoms with van der Waals surface area (Å²) in [6, 6.07) is 11.6. The predicted molar refractivity (Wildman–Crippen MR) is 138 cm³/mol. The molecule has 3 aromatic rings. The molecule has 1 heterocycles. The number of benzene rings is 2. The first-order chi connectivity index (χ1) is 17.8. The fourth-order valence-corrected chi connectivity index (χ4v) is 3.74. The summed E-state index contributed by atoms with van der Waals surface area (Å²) in [5.74, 6) is -1.44. The van der Waals surface area contributed by atoms with E-state index in [0.29, 0.717) is 16.6 Å². The van der Waals surface area contributed by atoms with Crippen molar-refractivity contribution < 1.29 is 44.8 Å². The van der Waals surface area contributed by atoms with Crippen molar-refractivity contribution in [2.75, 3.05) is 5.32 Å². The Morgan fingerprint density at radius 1 is 0.872 bits per heavy atom. The number of esters is 1. The van der Waals surface area contributed by atoms with Crippen LogP contribution in [0, 0.1) is 0 Å². The molecule has 0 spiro atoms. The third-order valence-electron chi connectivity index (χ3n) is 4.75. The number of nitrogens with one attached hydrogen (secondary N) is 1. The van der Waals surface area contributed by atoms with E-state index in [9.17, 15) is 31.2 Å². The lowest BCUT2D eigenvalue weighted by Crippen LogP contribution is -2.29. The summed E-state index contributed by atoms with van der Waals surface area (Å²) in [7, 11) is -6.06. The molecule has 0 saturated heterocycles. The zero-order chi connectivity index (χ0) is 29.4. The maximum absolute atomic E-state index is 13.1. The Hall–Kier alpha value is -3.87. The lowest BCUT2D eigenvalue weighted by molar-refractivity contribution is -0.0499. The van der Waals surface area contributed by atoms with Gasteiger partial charge < -0.3 is 13.7 Å². The second-order valence-electron chi connectivity index (χ2n) is 10.4. The number of aromatic nitrogens is 1. The van der Waals surface area contributed by atoms with Crippen LogP contribution in [0.25, 0.3) is 22.0 Å². The average Bonchev–Trinajstić information content (AvgIpc) is 2.77. The monoisotopic (exact) mass is 568 g/mol. The number of nitrogens with zero attached hydrogens (tertiary/aromatic N) is 1. The van der Waals surface area contributed by atoms with Gasteiger partial charge in [-0.3, -0.25) is 5.32 Å². The highest BCUT2D eigenvalue weighted by Crippen LogP contribution is 2.38. The molecule has 1 aromatic heterocycles. The Balaban J connectivity index is 2.16. The molecule has 0 bridgehead atoms. The molecule has 0 saturated carbocycles. The van der Waals surface area contributed by atoms with Crippen LogP contribution in [-0.2, 0) is 19.6 Å². The molecule has 3 rings (SSSR count). The van der Waals surface area contributed by atoms with Crippen molar-refractivity contribution in [2.24, 2.45) is 0 Å². The first-order valence-corrected chi connectivity index (χ1v) is 12.9. The van der Waals surface area contributed by atoms with E-state index in [1.54, 1.807) is 65.8 Å². The maximum atomic E-state index is 13.1. The van der Waals surface area contributed by atoms with E-state index < -0.39 is 44.6 Å². The van der Waals surface area contributed by atoms with E-state index in [1.165, 1.54) is 18.2 Å². The second kappa shape index (κ2) is 10.4. The minimum absolute atomic E-state index is 0.0166. The van der Waals surface area contributed by atoms with Gasteiger partial charge in [-0.25, -0.2) is 14.6 Å². The Morgan fingerprint density at radius 2 is 1.49 bits per heavy atom. The van der Waals surface area contributed by atoms with E-state index >= 15 is 0 Å². The summed E-state index contributed by atoms with van der Waals surface area (Å²) >= 11 is 0. The minimum atomic E-state index is -6.06. The topological polar surface area (TPSA) is 121 Å². The number of hydrogen-bond acceptors (Lipinski definition) is 8. The fourth-order valence-electron chi connectivity index (χ4n) is 3.27. The molecule has 1 amide bonds. The summed E-state index contributed by atoms with van der Waals surface area (Å²) in [6.45, 7) is 9.83. The van der Waals surface area contributed by atoms with Crippen LogP contribution in [0.1, 0.15) is 52.0 Å². The standard InChI is InChI=1S/C26H27F3N2O7S/c1-24(2,3)36-22(32)19-9-7-8-18(30-19)16-11-10-15-12-13-20(38-39(34,35)26(27,28)29)21(17(15)14-16)31-23(33)37-25(4,5)6/h7-14H,1-6H3,(H,31,33). The zero-order valence-corrected chi connectivity index (χ0v) is 22.8. The van der Waals surface area contributed by atoms with E-state index in [4.69, 9.17) is 9.47 Å². The number of amides is 1. The van der Waals surface area contributed by atoms with Crippen LogP contribution in [0.3, 0.4) is 0 Å². The van der Waals surface area contributed by atoms with Gasteiger partial charge in [-0.05, 0) is 71.2 Å². The smallest absolute Gasteiger partial charge is 0.455 e. The van der Waals surface area contributed by atoms with Gasteiger partial charge in [0.15, 0.2) is 5.75 Å². The molecule has 210 valence electrons. The lowest BCUT2D eigenvalue weighted by Gasteiger charge is -2.21. The average molecular weight is 569 g/mol. The van der Waals surface area contributed by atoms with Crippen LogP contribution in [0.5, 0.6) is 5.75 Å². The highest BCUT2D eigenvalue weighted by atomic mass is 32.2. The van der Waals surface area contributed by atoms with Crippen molar-refractivity contribution in [3.05, 3.63) is 54.2 Å². The van der Waals surface area contributed by atoms with Crippen LogP contribution < -0.4 is 9.50 Å². The maximum Gasteiger partial charge on any atom is 0.534 e. The van der Waals surface area contributed by atoms with E-state index in [2.05, 4.69) is 14.5 Å². The first-order valence-electron chi connectivity index (χ1n) is 11.5. The number of pyridine rings is 1. The number of hydrogen-bond donors (Lipinski definition) is 1. The highest BCUT2D eigenvalue weighted by molar-refractivity contribution is 7.88. The first kappa shape index (κ1) is 29.7. The number of rotatable bonds is 5.